The van der Waals surface area contributed by atoms with Gasteiger partial charge in [0.05, 0.1) is 0 Å². The van der Waals surface area contributed by atoms with E-state index in [9.17, 15) is 0 Å². The van der Waals surface area contributed by atoms with E-state index in [4.69, 9.17) is 0 Å². The summed E-state index contributed by atoms with van der Waals surface area (Å²) in [6.07, 6.45) is 9.65. The highest BCUT2D eigenvalue weighted by atomic mass is 14.9. The first-order valence-electron chi connectivity index (χ1n) is 6.95. The first-order valence-corrected chi connectivity index (χ1v) is 6.95. The molecule has 0 aromatic rings. The maximum Gasteiger partial charge on any atom is 0.000749 e. The molecule has 0 radical (unpaired) electrons. The fourth-order valence-corrected chi connectivity index (χ4v) is 2.26. The molecular weight excluding hydrogens is 182 g/mol. The standard InChI is InChI=1S/C14H31N/c1-5-9-10-11-12-14(6-2,7-3)13-15-8-4/h15H,5-13H2,1-4H3. The van der Waals surface area contributed by atoms with E-state index in [1.807, 2.05) is 0 Å². The Morgan fingerprint density at radius 3 is 2.00 bits per heavy atom. The van der Waals surface area contributed by atoms with Crippen molar-refractivity contribution in [2.45, 2.75) is 72.6 Å². The Balaban J connectivity index is 3.88. The van der Waals surface area contributed by atoms with Crippen molar-refractivity contribution in [2.75, 3.05) is 13.1 Å². The van der Waals surface area contributed by atoms with Gasteiger partial charge in [-0.15, -0.1) is 0 Å². The van der Waals surface area contributed by atoms with E-state index in [-0.39, 0.29) is 0 Å². The number of hydrogen-bond acceptors (Lipinski definition) is 1. The predicted octanol–water partition coefficient (Wildman–Crippen LogP) is 4.37. The molecule has 0 atom stereocenters. The number of hydrogen-bond donors (Lipinski definition) is 1. The maximum absolute atomic E-state index is 3.53. The van der Waals surface area contributed by atoms with Gasteiger partial charge in [-0.25, -0.2) is 0 Å². The lowest BCUT2D eigenvalue weighted by atomic mass is 9.77. The summed E-state index contributed by atoms with van der Waals surface area (Å²) in [5.74, 6) is 0. The Hall–Kier alpha value is -0.0400. The molecule has 1 nitrogen and oxygen atoms in total. The summed E-state index contributed by atoms with van der Waals surface area (Å²) < 4.78 is 0. The van der Waals surface area contributed by atoms with Crippen molar-refractivity contribution in [1.82, 2.24) is 5.32 Å². The molecule has 0 bridgehead atoms. The van der Waals surface area contributed by atoms with Gasteiger partial charge in [0.25, 0.3) is 0 Å². The summed E-state index contributed by atoms with van der Waals surface area (Å²) in [6.45, 7) is 11.5. The minimum atomic E-state index is 0.573. The minimum absolute atomic E-state index is 0.573. The second-order valence-electron chi connectivity index (χ2n) is 4.80. The molecule has 0 rings (SSSR count). The highest BCUT2D eigenvalue weighted by Crippen LogP contribution is 2.32. The molecule has 15 heavy (non-hydrogen) atoms. The molecule has 0 spiro atoms. The van der Waals surface area contributed by atoms with E-state index >= 15 is 0 Å². The molecule has 0 saturated carbocycles. The summed E-state index contributed by atoms with van der Waals surface area (Å²) in [5.41, 5.74) is 0.573. The summed E-state index contributed by atoms with van der Waals surface area (Å²) in [6, 6.07) is 0. The molecule has 0 aromatic heterocycles. The van der Waals surface area contributed by atoms with Gasteiger partial charge in [0.2, 0.25) is 0 Å². The van der Waals surface area contributed by atoms with Crippen LogP contribution in [0.3, 0.4) is 0 Å². The van der Waals surface area contributed by atoms with Crippen LogP contribution >= 0.6 is 0 Å². The fourth-order valence-electron chi connectivity index (χ4n) is 2.26. The molecule has 0 aliphatic heterocycles. The average molecular weight is 213 g/mol. The van der Waals surface area contributed by atoms with Crippen LogP contribution in [0.15, 0.2) is 0 Å². The second kappa shape index (κ2) is 9.21. The first kappa shape index (κ1) is 15.0. The minimum Gasteiger partial charge on any atom is -0.316 e. The van der Waals surface area contributed by atoms with Gasteiger partial charge >= 0.3 is 0 Å². The van der Waals surface area contributed by atoms with Crippen molar-refractivity contribution in [3.63, 3.8) is 0 Å². The van der Waals surface area contributed by atoms with Crippen LogP contribution in [0.25, 0.3) is 0 Å². The van der Waals surface area contributed by atoms with Gasteiger partial charge in [0, 0.05) is 6.54 Å². The zero-order valence-corrected chi connectivity index (χ0v) is 11.4. The van der Waals surface area contributed by atoms with Crippen molar-refractivity contribution in [3.05, 3.63) is 0 Å². The van der Waals surface area contributed by atoms with Gasteiger partial charge in [-0.05, 0) is 31.2 Å². The summed E-state index contributed by atoms with van der Waals surface area (Å²) >= 11 is 0. The quantitative estimate of drug-likeness (QED) is 0.531. The Labute approximate surface area is 97.0 Å². The van der Waals surface area contributed by atoms with Gasteiger partial charge < -0.3 is 5.32 Å². The zero-order valence-electron chi connectivity index (χ0n) is 11.4. The summed E-state index contributed by atoms with van der Waals surface area (Å²) in [5, 5.41) is 3.53. The van der Waals surface area contributed by atoms with Gasteiger partial charge in [0.1, 0.15) is 0 Å². The topological polar surface area (TPSA) is 12.0 Å². The van der Waals surface area contributed by atoms with E-state index < -0.39 is 0 Å². The average Bonchev–Trinajstić information content (AvgIpc) is 2.29. The molecule has 0 heterocycles. The van der Waals surface area contributed by atoms with Gasteiger partial charge in [-0.3, -0.25) is 0 Å². The van der Waals surface area contributed by atoms with Crippen LogP contribution in [0.2, 0.25) is 0 Å². The predicted molar refractivity (Wildman–Crippen MR) is 70.3 cm³/mol. The fraction of sp³-hybridized carbons (Fsp3) is 1.00. The Kier molecular flexibility index (Phi) is 9.18. The second-order valence-corrected chi connectivity index (χ2v) is 4.80. The largest absolute Gasteiger partial charge is 0.316 e. The van der Waals surface area contributed by atoms with Gasteiger partial charge in [-0.1, -0.05) is 53.4 Å². The van der Waals surface area contributed by atoms with Crippen molar-refractivity contribution in [3.8, 4) is 0 Å². The highest BCUT2D eigenvalue weighted by molar-refractivity contribution is 4.78. The Bertz CT molecular complexity index is 127. The Morgan fingerprint density at radius 2 is 1.53 bits per heavy atom. The Morgan fingerprint density at radius 1 is 0.867 bits per heavy atom. The summed E-state index contributed by atoms with van der Waals surface area (Å²) in [4.78, 5) is 0. The number of unbranched alkanes of at least 4 members (excludes halogenated alkanes) is 3. The maximum atomic E-state index is 3.53. The van der Waals surface area contributed by atoms with Crippen molar-refractivity contribution in [2.24, 2.45) is 5.41 Å². The van der Waals surface area contributed by atoms with E-state index in [0.29, 0.717) is 5.41 Å². The third kappa shape index (κ3) is 6.19. The number of nitrogens with one attached hydrogen (secondary N) is 1. The SMILES string of the molecule is CCCCCCC(CC)(CC)CNCC. The highest BCUT2D eigenvalue weighted by Gasteiger charge is 2.24. The van der Waals surface area contributed by atoms with Crippen LogP contribution in [0, 0.1) is 5.41 Å². The molecule has 0 amide bonds. The molecule has 0 aromatic carbocycles. The van der Waals surface area contributed by atoms with E-state index in [1.54, 1.807) is 0 Å². The van der Waals surface area contributed by atoms with Crippen LogP contribution in [-0.2, 0) is 0 Å². The number of rotatable bonds is 10. The normalized spacial score (nSPS) is 12.0. The first-order chi connectivity index (χ1) is 7.24. The molecule has 1 N–H and O–H groups in total. The molecule has 0 saturated heterocycles. The third-order valence-electron chi connectivity index (χ3n) is 3.81. The summed E-state index contributed by atoms with van der Waals surface area (Å²) in [7, 11) is 0. The van der Waals surface area contributed by atoms with Crippen LogP contribution < -0.4 is 5.32 Å². The lowest BCUT2D eigenvalue weighted by Gasteiger charge is -2.32. The molecule has 0 aliphatic carbocycles. The van der Waals surface area contributed by atoms with Crippen molar-refractivity contribution in [1.29, 1.82) is 0 Å². The van der Waals surface area contributed by atoms with E-state index in [0.717, 1.165) is 6.54 Å². The van der Waals surface area contributed by atoms with Crippen molar-refractivity contribution >= 4 is 0 Å². The molecule has 1 heteroatoms. The van der Waals surface area contributed by atoms with Crippen LogP contribution in [0.5, 0.6) is 0 Å². The van der Waals surface area contributed by atoms with Crippen LogP contribution in [0.1, 0.15) is 72.6 Å². The molecule has 0 aliphatic rings. The van der Waals surface area contributed by atoms with Crippen LogP contribution in [0.4, 0.5) is 0 Å². The van der Waals surface area contributed by atoms with E-state index in [1.165, 1.54) is 51.5 Å². The molecule has 92 valence electrons. The third-order valence-corrected chi connectivity index (χ3v) is 3.81. The lowest BCUT2D eigenvalue weighted by molar-refractivity contribution is 0.221. The molecular formula is C14H31N. The molecule has 0 unspecified atom stereocenters. The zero-order chi connectivity index (χ0) is 11.6. The lowest BCUT2D eigenvalue weighted by Crippen LogP contribution is -2.33. The smallest absolute Gasteiger partial charge is 0.000749 e. The van der Waals surface area contributed by atoms with Crippen LogP contribution in [-0.4, -0.2) is 13.1 Å². The molecule has 0 fully saturated rings. The van der Waals surface area contributed by atoms with E-state index in [2.05, 4.69) is 33.0 Å². The van der Waals surface area contributed by atoms with Crippen molar-refractivity contribution < 1.29 is 0 Å². The van der Waals surface area contributed by atoms with Gasteiger partial charge in [0.15, 0.2) is 0 Å². The monoisotopic (exact) mass is 213 g/mol. The van der Waals surface area contributed by atoms with Gasteiger partial charge in [-0.2, -0.15) is 0 Å².